The predicted octanol–water partition coefficient (Wildman–Crippen LogP) is 2.37. The SMILES string of the molecule is Cl.Cl.NCc1nc(C(=O)NCc2ccnc(N3CCCC3)c2)cs1. The van der Waals surface area contributed by atoms with Crippen molar-refractivity contribution >= 4 is 47.9 Å². The lowest BCUT2D eigenvalue weighted by Gasteiger charge is -2.16. The molecule has 1 fully saturated rings. The fourth-order valence-corrected chi connectivity index (χ4v) is 3.13. The van der Waals surface area contributed by atoms with Gasteiger partial charge in [-0.05, 0) is 30.5 Å². The van der Waals surface area contributed by atoms with Gasteiger partial charge in [-0.25, -0.2) is 9.97 Å². The Hall–Kier alpha value is -1.41. The first-order valence-corrected chi connectivity index (χ1v) is 8.27. The van der Waals surface area contributed by atoms with Crippen LogP contribution in [-0.2, 0) is 13.1 Å². The van der Waals surface area contributed by atoms with Crippen LogP contribution in [0, 0.1) is 0 Å². The number of carbonyl (C=O) groups excluding carboxylic acids is 1. The number of aromatic nitrogens is 2. The lowest BCUT2D eigenvalue weighted by Crippen LogP contribution is -2.24. The number of hydrogen-bond acceptors (Lipinski definition) is 6. The van der Waals surface area contributed by atoms with Crippen LogP contribution >= 0.6 is 36.2 Å². The number of nitrogens with zero attached hydrogens (tertiary/aromatic N) is 3. The molecule has 0 aromatic carbocycles. The Morgan fingerprint density at radius 1 is 1.33 bits per heavy atom. The number of nitrogens with two attached hydrogens (primary N) is 1. The second-order valence-electron chi connectivity index (χ2n) is 5.23. The molecule has 3 heterocycles. The number of anilines is 1. The van der Waals surface area contributed by atoms with Gasteiger partial charge in [-0.3, -0.25) is 4.79 Å². The number of hydrogen-bond donors (Lipinski definition) is 2. The molecule has 3 N–H and O–H groups in total. The number of thiazole rings is 1. The Morgan fingerprint density at radius 2 is 2.08 bits per heavy atom. The Bertz CT molecular complexity index is 661. The van der Waals surface area contributed by atoms with Gasteiger partial charge in [-0.1, -0.05) is 0 Å². The normalized spacial score (nSPS) is 13.1. The van der Waals surface area contributed by atoms with E-state index in [-0.39, 0.29) is 30.7 Å². The minimum Gasteiger partial charge on any atom is -0.357 e. The van der Waals surface area contributed by atoms with Crippen LogP contribution in [0.15, 0.2) is 23.7 Å². The quantitative estimate of drug-likeness (QED) is 0.819. The molecule has 2 aromatic rings. The molecule has 3 rings (SSSR count). The fourth-order valence-electron chi connectivity index (χ4n) is 2.47. The molecule has 0 unspecified atom stereocenters. The summed E-state index contributed by atoms with van der Waals surface area (Å²) in [5.74, 6) is 0.818. The second-order valence-corrected chi connectivity index (χ2v) is 6.17. The van der Waals surface area contributed by atoms with Crippen molar-refractivity contribution in [1.29, 1.82) is 0 Å². The molecule has 24 heavy (non-hydrogen) atoms. The molecule has 0 saturated carbocycles. The highest BCUT2D eigenvalue weighted by Crippen LogP contribution is 2.18. The Morgan fingerprint density at radius 3 is 2.75 bits per heavy atom. The van der Waals surface area contributed by atoms with Crippen LogP contribution in [0.1, 0.15) is 33.9 Å². The van der Waals surface area contributed by atoms with Gasteiger partial charge < -0.3 is 16.0 Å². The van der Waals surface area contributed by atoms with Crippen molar-refractivity contribution in [1.82, 2.24) is 15.3 Å². The lowest BCUT2D eigenvalue weighted by atomic mass is 10.2. The molecular weight excluding hydrogens is 369 g/mol. The molecule has 0 radical (unpaired) electrons. The molecule has 2 aromatic heterocycles. The Labute approximate surface area is 157 Å². The summed E-state index contributed by atoms with van der Waals surface area (Å²) in [6, 6.07) is 3.96. The maximum absolute atomic E-state index is 12.1. The molecule has 0 atom stereocenters. The molecule has 1 saturated heterocycles. The molecule has 1 aliphatic rings. The minimum atomic E-state index is -0.171. The van der Waals surface area contributed by atoms with Crippen molar-refractivity contribution in [2.24, 2.45) is 5.73 Å². The van der Waals surface area contributed by atoms with E-state index in [9.17, 15) is 4.79 Å². The molecule has 132 valence electrons. The van der Waals surface area contributed by atoms with Crippen LogP contribution < -0.4 is 16.0 Å². The van der Waals surface area contributed by atoms with Crippen LogP contribution in [0.3, 0.4) is 0 Å². The van der Waals surface area contributed by atoms with E-state index in [0.29, 0.717) is 18.8 Å². The zero-order valence-electron chi connectivity index (χ0n) is 13.1. The van der Waals surface area contributed by atoms with Crippen LogP contribution in [0.5, 0.6) is 0 Å². The van der Waals surface area contributed by atoms with Crippen molar-refractivity contribution in [3.05, 3.63) is 40.0 Å². The van der Waals surface area contributed by atoms with Crippen LogP contribution in [0.4, 0.5) is 5.82 Å². The smallest absolute Gasteiger partial charge is 0.271 e. The number of rotatable bonds is 5. The number of halogens is 2. The fraction of sp³-hybridized carbons (Fsp3) is 0.400. The van der Waals surface area contributed by atoms with Crippen LogP contribution in [0.2, 0.25) is 0 Å². The zero-order valence-corrected chi connectivity index (χ0v) is 15.6. The van der Waals surface area contributed by atoms with Crippen LogP contribution in [0.25, 0.3) is 0 Å². The first kappa shape index (κ1) is 20.6. The van der Waals surface area contributed by atoms with Gasteiger partial charge in [-0.15, -0.1) is 36.2 Å². The third kappa shape index (κ3) is 5.04. The van der Waals surface area contributed by atoms with E-state index in [4.69, 9.17) is 5.73 Å². The van der Waals surface area contributed by atoms with Gasteiger partial charge in [0.05, 0.1) is 0 Å². The average molecular weight is 390 g/mol. The van der Waals surface area contributed by atoms with Crippen molar-refractivity contribution < 1.29 is 4.79 Å². The van der Waals surface area contributed by atoms with E-state index in [2.05, 4.69) is 20.2 Å². The summed E-state index contributed by atoms with van der Waals surface area (Å²) in [6.07, 6.45) is 4.23. The maximum atomic E-state index is 12.1. The largest absolute Gasteiger partial charge is 0.357 e. The highest BCUT2D eigenvalue weighted by molar-refractivity contribution is 7.09. The average Bonchev–Trinajstić information content (AvgIpc) is 3.24. The van der Waals surface area contributed by atoms with E-state index < -0.39 is 0 Å². The molecule has 0 aliphatic carbocycles. The lowest BCUT2D eigenvalue weighted by molar-refractivity contribution is 0.0946. The Balaban J connectivity index is 0.00000144. The van der Waals surface area contributed by atoms with Crippen molar-refractivity contribution in [3.8, 4) is 0 Å². The number of nitrogens with one attached hydrogen (secondary N) is 1. The summed E-state index contributed by atoms with van der Waals surface area (Å²) >= 11 is 1.41. The monoisotopic (exact) mass is 389 g/mol. The first-order valence-electron chi connectivity index (χ1n) is 7.39. The van der Waals surface area contributed by atoms with E-state index in [1.165, 1.54) is 24.2 Å². The molecule has 0 bridgehead atoms. The Kier molecular flexibility index (Phi) is 8.41. The molecule has 6 nitrogen and oxygen atoms in total. The summed E-state index contributed by atoms with van der Waals surface area (Å²) in [5.41, 5.74) is 6.98. The highest BCUT2D eigenvalue weighted by Gasteiger charge is 2.14. The van der Waals surface area contributed by atoms with Crippen molar-refractivity contribution in [2.45, 2.75) is 25.9 Å². The van der Waals surface area contributed by atoms with E-state index in [1.54, 1.807) is 11.6 Å². The van der Waals surface area contributed by atoms with E-state index in [1.807, 2.05) is 12.1 Å². The molecule has 1 aliphatic heterocycles. The van der Waals surface area contributed by atoms with Gasteiger partial charge in [0.1, 0.15) is 16.5 Å². The molecular formula is C15H21Cl2N5OS. The highest BCUT2D eigenvalue weighted by atomic mass is 35.5. The standard InChI is InChI=1S/C15H19N5OS.2ClH/c16-8-14-19-12(10-22-14)15(21)18-9-11-3-4-17-13(7-11)20-5-1-2-6-20;;/h3-4,7,10H,1-2,5-6,8-9,16H2,(H,18,21);2*1H. The molecule has 9 heteroatoms. The topological polar surface area (TPSA) is 84.1 Å². The van der Waals surface area contributed by atoms with E-state index in [0.717, 1.165) is 29.5 Å². The number of pyridine rings is 1. The summed E-state index contributed by atoms with van der Waals surface area (Å²) < 4.78 is 0. The summed E-state index contributed by atoms with van der Waals surface area (Å²) in [4.78, 5) is 22.9. The molecule has 0 spiro atoms. The summed E-state index contributed by atoms with van der Waals surface area (Å²) in [5, 5.41) is 5.39. The van der Waals surface area contributed by atoms with E-state index >= 15 is 0 Å². The van der Waals surface area contributed by atoms with Gasteiger partial charge in [-0.2, -0.15) is 0 Å². The molecule has 1 amide bonds. The zero-order chi connectivity index (χ0) is 15.4. The van der Waals surface area contributed by atoms with Crippen molar-refractivity contribution in [2.75, 3.05) is 18.0 Å². The predicted molar refractivity (Wildman–Crippen MR) is 101 cm³/mol. The van der Waals surface area contributed by atoms with Gasteiger partial charge in [0, 0.05) is 37.8 Å². The van der Waals surface area contributed by atoms with Gasteiger partial charge >= 0.3 is 0 Å². The maximum Gasteiger partial charge on any atom is 0.271 e. The van der Waals surface area contributed by atoms with Crippen molar-refractivity contribution in [3.63, 3.8) is 0 Å². The summed E-state index contributed by atoms with van der Waals surface area (Å²) in [6.45, 7) is 2.95. The summed E-state index contributed by atoms with van der Waals surface area (Å²) in [7, 11) is 0. The number of amides is 1. The second kappa shape index (κ2) is 9.78. The van der Waals surface area contributed by atoms with Gasteiger partial charge in [0.15, 0.2) is 0 Å². The third-order valence-electron chi connectivity index (χ3n) is 3.65. The van der Waals surface area contributed by atoms with Crippen LogP contribution in [-0.4, -0.2) is 29.0 Å². The minimum absolute atomic E-state index is 0. The van der Waals surface area contributed by atoms with Gasteiger partial charge in [0.2, 0.25) is 0 Å². The first-order chi connectivity index (χ1) is 10.8. The third-order valence-corrected chi connectivity index (χ3v) is 4.52. The van der Waals surface area contributed by atoms with Gasteiger partial charge in [0.25, 0.3) is 5.91 Å². The number of carbonyl (C=O) groups is 1.